The third kappa shape index (κ3) is 4.02. The van der Waals surface area contributed by atoms with E-state index in [9.17, 15) is 9.59 Å². The van der Waals surface area contributed by atoms with E-state index in [-0.39, 0.29) is 18.5 Å². The summed E-state index contributed by atoms with van der Waals surface area (Å²) in [7, 11) is 1.65. The molecule has 0 saturated heterocycles. The smallest absolute Gasteiger partial charge is 0.304 e. The summed E-state index contributed by atoms with van der Waals surface area (Å²) in [4.78, 5) is 24.6. The van der Waals surface area contributed by atoms with Crippen molar-refractivity contribution < 1.29 is 19.1 Å². The van der Waals surface area contributed by atoms with Crippen LogP contribution in [0.1, 0.15) is 26.3 Å². The van der Waals surface area contributed by atoms with Gasteiger partial charge in [0.25, 0.3) is 0 Å². The number of benzene rings is 1. The van der Waals surface area contributed by atoms with E-state index in [1.807, 2.05) is 0 Å². The lowest BCUT2D eigenvalue weighted by Crippen LogP contribution is -2.43. The van der Waals surface area contributed by atoms with E-state index in [4.69, 9.17) is 15.2 Å². The van der Waals surface area contributed by atoms with Crippen molar-refractivity contribution in [1.82, 2.24) is 0 Å². The minimum Gasteiger partial charge on any atom is -0.489 e. The summed E-state index contributed by atoms with van der Waals surface area (Å²) in [5.74, 6) is 5.84. The van der Waals surface area contributed by atoms with Crippen LogP contribution in [0.2, 0.25) is 0 Å². The van der Waals surface area contributed by atoms with Crippen LogP contribution in [0.4, 0.5) is 5.69 Å². The van der Waals surface area contributed by atoms with Crippen LogP contribution in [-0.2, 0) is 14.3 Å². The van der Waals surface area contributed by atoms with Crippen LogP contribution in [0.25, 0.3) is 0 Å². The van der Waals surface area contributed by atoms with Crippen molar-refractivity contribution in [3.63, 3.8) is 0 Å². The molecule has 1 amide bonds. The Morgan fingerprint density at radius 2 is 2.17 bits per heavy atom. The summed E-state index contributed by atoms with van der Waals surface area (Å²) in [5.41, 5.74) is 6.16. The van der Waals surface area contributed by atoms with E-state index < -0.39 is 11.6 Å². The zero-order valence-electron chi connectivity index (χ0n) is 13.7. The van der Waals surface area contributed by atoms with Gasteiger partial charge in [-0.05, 0) is 32.0 Å². The summed E-state index contributed by atoms with van der Waals surface area (Å²) in [6, 6.07) is 4.59. The summed E-state index contributed by atoms with van der Waals surface area (Å²) in [6.07, 6.45) is 0. The first-order valence-corrected chi connectivity index (χ1v) is 7.22. The molecule has 0 bridgehead atoms. The Morgan fingerprint density at radius 3 is 2.83 bits per heavy atom. The highest BCUT2D eigenvalue weighted by Gasteiger charge is 2.26. The van der Waals surface area contributed by atoms with Crippen LogP contribution in [0.5, 0.6) is 5.75 Å². The molecule has 0 radical (unpaired) electrons. The minimum atomic E-state index is -0.890. The third-order valence-corrected chi connectivity index (χ3v) is 3.29. The molecule has 0 aliphatic carbocycles. The monoisotopic (exact) mass is 316 g/mol. The average Bonchev–Trinajstić information content (AvgIpc) is 2.57. The first-order valence-electron chi connectivity index (χ1n) is 7.22. The highest BCUT2D eigenvalue weighted by Crippen LogP contribution is 2.31. The van der Waals surface area contributed by atoms with Crippen LogP contribution < -0.4 is 15.4 Å². The fourth-order valence-corrected chi connectivity index (χ4v) is 2.21. The molecule has 0 fully saturated rings. The number of fused-ring (bicyclic) bond motifs is 1. The third-order valence-electron chi connectivity index (χ3n) is 3.29. The zero-order chi connectivity index (χ0) is 17.2. The summed E-state index contributed by atoms with van der Waals surface area (Å²) < 4.78 is 10.7. The van der Waals surface area contributed by atoms with Gasteiger partial charge in [-0.3, -0.25) is 9.59 Å². The minimum absolute atomic E-state index is 0.140. The van der Waals surface area contributed by atoms with E-state index in [2.05, 4.69) is 11.8 Å². The number of anilines is 1. The number of carbonyl (C=O) groups is 2. The normalized spacial score (nSPS) is 17.3. The van der Waals surface area contributed by atoms with Gasteiger partial charge in [0, 0.05) is 19.5 Å². The number of esters is 1. The van der Waals surface area contributed by atoms with Gasteiger partial charge in [-0.2, -0.15) is 0 Å². The second-order valence-electron chi connectivity index (χ2n) is 5.85. The molecule has 0 spiro atoms. The second kappa shape index (κ2) is 6.31. The lowest BCUT2D eigenvalue weighted by atomic mass is 10.1. The van der Waals surface area contributed by atoms with Crippen LogP contribution in [0.3, 0.4) is 0 Å². The molecule has 2 rings (SSSR count). The molecule has 0 saturated carbocycles. The van der Waals surface area contributed by atoms with Gasteiger partial charge in [0.1, 0.15) is 18.4 Å². The van der Waals surface area contributed by atoms with Crippen molar-refractivity contribution >= 4 is 17.6 Å². The van der Waals surface area contributed by atoms with Crippen molar-refractivity contribution in [3.05, 3.63) is 23.8 Å². The molecular weight excluding hydrogens is 296 g/mol. The largest absolute Gasteiger partial charge is 0.489 e. The summed E-state index contributed by atoms with van der Waals surface area (Å²) in [6.45, 7) is 4.90. The van der Waals surface area contributed by atoms with E-state index in [1.54, 1.807) is 39.1 Å². The predicted octanol–water partition coefficient (Wildman–Crippen LogP) is 1.06. The van der Waals surface area contributed by atoms with Gasteiger partial charge >= 0.3 is 5.97 Å². The van der Waals surface area contributed by atoms with Crippen molar-refractivity contribution in [2.24, 2.45) is 5.73 Å². The maximum absolute atomic E-state index is 12.1. The van der Waals surface area contributed by atoms with Gasteiger partial charge in [-0.1, -0.05) is 11.8 Å². The van der Waals surface area contributed by atoms with E-state index in [0.29, 0.717) is 17.0 Å². The molecule has 1 heterocycles. The van der Waals surface area contributed by atoms with Crippen LogP contribution in [-0.4, -0.2) is 37.2 Å². The second-order valence-corrected chi connectivity index (χ2v) is 5.85. The zero-order valence-corrected chi connectivity index (χ0v) is 13.7. The van der Waals surface area contributed by atoms with Gasteiger partial charge < -0.3 is 20.1 Å². The molecule has 1 aliphatic heterocycles. The molecule has 1 aromatic rings. The maximum Gasteiger partial charge on any atom is 0.304 e. The van der Waals surface area contributed by atoms with Crippen molar-refractivity contribution in [3.8, 4) is 17.6 Å². The lowest BCUT2D eigenvalue weighted by Gasteiger charge is -2.18. The SMILES string of the molecule is CC(=O)OC(C)(C)C#Cc1ccc2c(c1)N(C)C(=O)[C@@H](N)CO2. The van der Waals surface area contributed by atoms with E-state index >= 15 is 0 Å². The molecule has 2 N–H and O–H groups in total. The van der Waals surface area contributed by atoms with Crippen LogP contribution in [0.15, 0.2) is 18.2 Å². The first kappa shape index (κ1) is 16.8. The highest BCUT2D eigenvalue weighted by molar-refractivity contribution is 5.98. The fraction of sp³-hybridized carbons (Fsp3) is 0.412. The number of nitrogens with two attached hydrogens (primary N) is 1. The molecule has 6 heteroatoms. The number of likely N-dealkylation sites (N-methyl/N-ethyl adjacent to an activating group) is 1. The molecule has 6 nitrogen and oxygen atoms in total. The van der Waals surface area contributed by atoms with Gasteiger partial charge in [0.2, 0.25) is 5.91 Å². The lowest BCUT2D eigenvalue weighted by molar-refractivity contribution is -0.148. The Bertz CT molecular complexity index is 700. The molecule has 0 aromatic heterocycles. The topological polar surface area (TPSA) is 81.9 Å². The van der Waals surface area contributed by atoms with E-state index in [0.717, 1.165) is 0 Å². The Kier molecular flexibility index (Phi) is 4.62. The number of rotatable bonds is 1. The number of hydrogen-bond donors (Lipinski definition) is 1. The van der Waals surface area contributed by atoms with Crippen molar-refractivity contribution in [2.75, 3.05) is 18.6 Å². The Labute approximate surface area is 135 Å². The first-order chi connectivity index (χ1) is 10.7. The van der Waals surface area contributed by atoms with Gasteiger partial charge in [-0.25, -0.2) is 0 Å². The van der Waals surface area contributed by atoms with E-state index in [1.165, 1.54) is 11.8 Å². The average molecular weight is 316 g/mol. The number of hydrogen-bond acceptors (Lipinski definition) is 5. The van der Waals surface area contributed by atoms with Crippen molar-refractivity contribution in [1.29, 1.82) is 0 Å². The number of amides is 1. The van der Waals surface area contributed by atoms with Gasteiger partial charge in [-0.15, -0.1) is 0 Å². The predicted molar refractivity (Wildman–Crippen MR) is 86.0 cm³/mol. The number of carbonyl (C=O) groups excluding carboxylic acids is 2. The van der Waals surface area contributed by atoms with Crippen molar-refractivity contribution in [2.45, 2.75) is 32.4 Å². The molecular formula is C17H20N2O4. The molecule has 23 heavy (non-hydrogen) atoms. The number of ether oxygens (including phenoxy) is 2. The summed E-state index contributed by atoms with van der Waals surface area (Å²) in [5, 5.41) is 0. The summed E-state index contributed by atoms with van der Waals surface area (Å²) >= 11 is 0. The number of nitrogens with zero attached hydrogens (tertiary/aromatic N) is 1. The molecule has 122 valence electrons. The fourth-order valence-electron chi connectivity index (χ4n) is 2.21. The molecule has 1 aliphatic rings. The van der Waals surface area contributed by atoms with Gasteiger partial charge in [0.15, 0.2) is 5.60 Å². The van der Waals surface area contributed by atoms with Gasteiger partial charge in [0.05, 0.1) is 5.69 Å². The maximum atomic E-state index is 12.1. The quantitative estimate of drug-likeness (QED) is 0.619. The molecule has 0 unspecified atom stereocenters. The van der Waals surface area contributed by atoms with Crippen LogP contribution >= 0.6 is 0 Å². The standard InChI is InChI=1S/C17H20N2O4/c1-11(20)23-17(2,3)8-7-12-5-6-15-14(9-12)19(4)16(21)13(18)10-22-15/h5-6,9,13H,10,18H2,1-4H3/t13-/m0/s1. The Balaban J connectivity index is 2.32. The Hall–Kier alpha value is -2.52. The molecule has 1 atom stereocenters. The highest BCUT2D eigenvalue weighted by atomic mass is 16.6. The Morgan fingerprint density at radius 1 is 1.48 bits per heavy atom. The van der Waals surface area contributed by atoms with Crippen LogP contribution in [0, 0.1) is 11.8 Å². The molecule has 1 aromatic carbocycles.